The lowest BCUT2D eigenvalue weighted by Crippen LogP contribution is -2.04. The number of ether oxygens (including phenoxy) is 1. The number of nitrogens with one attached hydrogen (secondary N) is 1. The minimum atomic E-state index is 0.350. The molecule has 19 heavy (non-hydrogen) atoms. The van der Waals surface area contributed by atoms with E-state index in [9.17, 15) is 0 Å². The minimum Gasteiger partial charge on any atom is -0.456 e. The lowest BCUT2D eigenvalue weighted by molar-refractivity contribution is 0.481. The first-order valence-corrected chi connectivity index (χ1v) is 6.22. The summed E-state index contributed by atoms with van der Waals surface area (Å²) in [6.07, 6.45) is 0. The third-order valence-corrected chi connectivity index (χ3v) is 2.93. The van der Waals surface area contributed by atoms with Crippen molar-refractivity contribution in [1.29, 1.82) is 5.26 Å². The monoisotopic (exact) mass is 272 g/mol. The Morgan fingerprint density at radius 2 is 1.95 bits per heavy atom. The molecule has 96 valence electrons. The van der Waals surface area contributed by atoms with Gasteiger partial charge < -0.3 is 10.1 Å². The van der Waals surface area contributed by atoms with Gasteiger partial charge in [-0.25, -0.2) is 0 Å². The molecule has 0 fully saturated rings. The van der Waals surface area contributed by atoms with Crippen molar-refractivity contribution in [2.75, 3.05) is 7.05 Å². The molecule has 0 bridgehead atoms. The second-order valence-corrected chi connectivity index (χ2v) is 4.41. The fourth-order valence-electron chi connectivity index (χ4n) is 1.70. The number of nitrogens with zero attached hydrogens (tertiary/aromatic N) is 1. The number of rotatable bonds is 4. The van der Waals surface area contributed by atoms with Gasteiger partial charge in [-0.2, -0.15) is 5.26 Å². The van der Waals surface area contributed by atoms with Gasteiger partial charge in [0, 0.05) is 6.54 Å². The van der Waals surface area contributed by atoms with Crippen molar-refractivity contribution in [2.45, 2.75) is 6.54 Å². The zero-order valence-corrected chi connectivity index (χ0v) is 11.2. The Balaban J connectivity index is 2.22. The van der Waals surface area contributed by atoms with Crippen molar-refractivity contribution in [3.63, 3.8) is 0 Å². The number of hydrogen-bond donors (Lipinski definition) is 1. The molecule has 0 aliphatic carbocycles. The van der Waals surface area contributed by atoms with Crippen molar-refractivity contribution < 1.29 is 4.74 Å². The smallest absolute Gasteiger partial charge is 0.146 e. The highest BCUT2D eigenvalue weighted by molar-refractivity contribution is 6.31. The van der Waals surface area contributed by atoms with Crippen molar-refractivity contribution in [1.82, 2.24) is 5.32 Å². The molecule has 3 nitrogen and oxygen atoms in total. The Labute approximate surface area is 117 Å². The summed E-state index contributed by atoms with van der Waals surface area (Å²) in [5.41, 5.74) is 1.52. The van der Waals surface area contributed by atoms with Gasteiger partial charge in [-0.15, -0.1) is 0 Å². The summed E-state index contributed by atoms with van der Waals surface area (Å²) >= 11 is 5.95. The van der Waals surface area contributed by atoms with Crippen LogP contribution in [0.15, 0.2) is 42.5 Å². The molecule has 0 aliphatic rings. The summed E-state index contributed by atoms with van der Waals surface area (Å²) in [7, 11) is 1.90. The van der Waals surface area contributed by atoms with E-state index in [1.54, 1.807) is 18.2 Å². The van der Waals surface area contributed by atoms with Crippen LogP contribution in [-0.4, -0.2) is 7.05 Å². The largest absolute Gasteiger partial charge is 0.456 e. The first kappa shape index (κ1) is 13.4. The predicted molar refractivity (Wildman–Crippen MR) is 75.4 cm³/mol. The topological polar surface area (TPSA) is 45.0 Å². The molecule has 1 N–H and O–H groups in total. The average molecular weight is 273 g/mol. The standard InChI is InChI=1S/C15H13ClN2O/c1-18-10-11-5-7-12(8-6-11)19-15-4-2-3-14(16)13(15)9-17/h2-8,18H,10H2,1H3. The first-order chi connectivity index (χ1) is 9.24. The Hall–Kier alpha value is -2.02. The van der Waals surface area contributed by atoms with Crippen LogP contribution in [0.25, 0.3) is 0 Å². The van der Waals surface area contributed by atoms with Crippen LogP contribution in [0.1, 0.15) is 11.1 Å². The third-order valence-electron chi connectivity index (χ3n) is 2.62. The minimum absolute atomic E-state index is 0.350. The first-order valence-electron chi connectivity index (χ1n) is 5.84. The van der Waals surface area contributed by atoms with Crippen molar-refractivity contribution in [3.05, 3.63) is 58.6 Å². The Bertz CT molecular complexity index is 603. The zero-order valence-electron chi connectivity index (χ0n) is 10.5. The molecular formula is C15H13ClN2O. The molecule has 0 saturated heterocycles. The fraction of sp³-hybridized carbons (Fsp3) is 0.133. The molecule has 4 heteroatoms. The molecule has 0 aliphatic heterocycles. The summed E-state index contributed by atoms with van der Waals surface area (Å²) in [5.74, 6) is 1.15. The Kier molecular flexibility index (Phi) is 4.40. The van der Waals surface area contributed by atoms with Crippen LogP contribution in [-0.2, 0) is 6.54 Å². The maximum Gasteiger partial charge on any atom is 0.146 e. The van der Waals surface area contributed by atoms with Gasteiger partial charge in [-0.05, 0) is 36.9 Å². The highest BCUT2D eigenvalue weighted by Gasteiger charge is 2.08. The molecule has 0 atom stereocenters. The van der Waals surface area contributed by atoms with Crippen LogP contribution in [0.3, 0.4) is 0 Å². The summed E-state index contributed by atoms with van der Waals surface area (Å²) in [6, 6.07) is 14.9. The van der Waals surface area contributed by atoms with Gasteiger partial charge >= 0.3 is 0 Å². The highest BCUT2D eigenvalue weighted by Crippen LogP contribution is 2.29. The van der Waals surface area contributed by atoms with Gasteiger partial charge in [0.2, 0.25) is 0 Å². The van der Waals surface area contributed by atoms with Crippen LogP contribution in [0.2, 0.25) is 5.02 Å². The fourth-order valence-corrected chi connectivity index (χ4v) is 1.91. The van der Waals surface area contributed by atoms with E-state index in [0.29, 0.717) is 22.1 Å². The molecule has 2 aromatic rings. The molecule has 0 unspecified atom stereocenters. The molecule has 0 amide bonds. The van der Waals surface area contributed by atoms with Gasteiger partial charge in [-0.1, -0.05) is 29.8 Å². The quantitative estimate of drug-likeness (QED) is 0.922. The van der Waals surface area contributed by atoms with Gasteiger partial charge in [0.25, 0.3) is 0 Å². The molecular weight excluding hydrogens is 260 g/mol. The normalized spacial score (nSPS) is 9.95. The van der Waals surface area contributed by atoms with Crippen LogP contribution in [0.5, 0.6) is 11.5 Å². The Morgan fingerprint density at radius 1 is 1.21 bits per heavy atom. The Morgan fingerprint density at radius 3 is 2.58 bits per heavy atom. The van der Waals surface area contributed by atoms with E-state index in [0.717, 1.165) is 6.54 Å². The molecule has 0 heterocycles. The lowest BCUT2D eigenvalue weighted by atomic mass is 10.2. The SMILES string of the molecule is CNCc1ccc(Oc2cccc(Cl)c2C#N)cc1. The predicted octanol–water partition coefficient (Wildman–Crippen LogP) is 3.72. The van der Waals surface area contributed by atoms with E-state index in [4.69, 9.17) is 21.6 Å². The van der Waals surface area contributed by atoms with Gasteiger partial charge in [-0.3, -0.25) is 0 Å². The third kappa shape index (κ3) is 3.25. The van der Waals surface area contributed by atoms with Crippen molar-refractivity contribution >= 4 is 11.6 Å². The zero-order chi connectivity index (χ0) is 13.7. The van der Waals surface area contributed by atoms with Gasteiger partial charge in [0.1, 0.15) is 23.1 Å². The number of nitriles is 1. The van der Waals surface area contributed by atoms with Crippen LogP contribution < -0.4 is 10.1 Å². The summed E-state index contributed by atoms with van der Waals surface area (Å²) in [4.78, 5) is 0. The van der Waals surface area contributed by atoms with E-state index < -0.39 is 0 Å². The van der Waals surface area contributed by atoms with Gasteiger partial charge in [0.15, 0.2) is 0 Å². The summed E-state index contributed by atoms with van der Waals surface area (Å²) < 4.78 is 5.69. The van der Waals surface area contributed by atoms with E-state index in [-0.39, 0.29) is 0 Å². The number of benzene rings is 2. The lowest BCUT2D eigenvalue weighted by Gasteiger charge is -2.09. The second kappa shape index (κ2) is 6.24. The molecule has 0 aromatic heterocycles. The molecule has 2 rings (SSSR count). The van der Waals surface area contributed by atoms with Crippen LogP contribution in [0, 0.1) is 11.3 Å². The highest BCUT2D eigenvalue weighted by atomic mass is 35.5. The maximum absolute atomic E-state index is 9.07. The van der Waals surface area contributed by atoms with E-state index in [1.807, 2.05) is 37.4 Å². The molecule has 0 spiro atoms. The number of halogens is 1. The van der Waals surface area contributed by atoms with E-state index in [1.165, 1.54) is 5.56 Å². The molecule has 0 radical (unpaired) electrons. The van der Waals surface area contributed by atoms with Gasteiger partial charge in [0.05, 0.1) is 5.02 Å². The van der Waals surface area contributed by atoms with Crippen LogP contribution >= 0.6 is 11.6 Å². The molecule has 0 saturated carbocycles. The van der Waals surface area contributed by atoms with Crippen molar-refractivity contribution in [3.8, 4) is 17.6 Å². The summed E-state index contributed by atoms with van der Waals surface area (Å²) in [5, 5.41) is 12.5. The van der Waals surface area contributed by atoms with Crippen molar-refractivity contribution in [2.24, 2.45) is 0 Å². The number of hydrogen-bond acceptors (Lipinski definition) is 3. The molecule has 2 aromatic carbocycles. The van der Waals surface area contributed by atoms with E-state index >= 15 is 0 Å². The maximum atomic E-state index is 9.07. The van der Waals surface area contributed by atoms with E-state index in [2.05, 4.69) is 5.32 Å². The van der Waals surface area contributed by atoms with Crippen LogP contribution in [0.4, 0.5) is 0 Å². The second-order valence-electron chi connectivity index (χ2n) is 4.00. The average Bonchev–Trinajstić information content (AvgIpc) is 2.42. The summed E-state index contributed by atoms with van der Waals surface area (Å²) in [6.45, 7) is 0.806.